The molecule has 0 unspecified atom stereocenters. The minimum absolute atomic E-state index is 0.0548. The van der Waals surface area contributed by atoms with Crippen LogP contribution in [0.15, 0.2) is 15.0 Å². The lowest BCUT2D eigenvalue weighted by Crippen LogP contribution is -2.13. The normalized spacial score (nSPS) is 10.5. The van der Waals surface area contributed by atoms with Crippen LogP contribution >= 0.6 is 31.9 Å². The quantitative estimate of drug-likeness (QED) is 0.728. The van der Waals surface area contributed by atoms with E-state index in [0.717, 1.165) is 0 Å². The van der Waals surface area contributed by atoms with Crippen molar-refractivity contribution in [3.05, 3.63) is 20.7 Å². The summed E-state index contributed by atoms with van der Waals surface area (Å²) < 4.78 is 12.6. The molecule has 9 heteroatoms. The van der Waals surface area contributed by atoms with Gasteiger partial charge in [-0.2, -0.15) is 15.4 Å². The Hall–Kier alpha value is -1.61. The Kier molecular flexibility index (Phi) is 5.41. The highest BCUT2D eigenvalue weighted by Crippen LogP contribution is 2.46. The van der Waals surface area contributed by atoms with Gasteiger partial charge in [-0.1, -0.05) is 0 Å². The van der Waals surface area contributed by atoms with E-state index in [1.54, 1.807) is 6.07 Å². The number of ether oxygens (including phenoxy) is 2. The zero-order valence-electron chi connectivity index (χ0n) is 11.9. The number of hydrogen-bond donors (Lipinski definition) is 2. The summed E-state index contributed by atoms with van der Waals surface area (Å²) in [6.07, 6.45) is 0. The lowest BCUT2D eigenvalue weighted by molar-refractivity contribution is 0.0996. The standard InChI is InChI=1S/C13H14Br2N4O3/c1-3-21-7-5-6(8(14)9(15)12(7)22-4-2)10-11(13(16)20)18-19-17-10/h5H,3-4H2,1-2H3,(H2,16,20)(H,17,18,19). The molecule has 3 N–H and O–H groups in total. The van der Waals surface area contributed by atoms with Crippen molar-refractivity contribution in [2.45, 2.75) is 13.8 Å². The van der Waals surface area contributed by atoms with Gasteiger partial charge in [-0.15, -0.1) is 0 Å². The Balaban J connectivity index is 2.66. The fourth-order valence-electron chi connectivity index (χ4n) is 1.89. The highest BCUT2D eigenvalue weighted by molar-refractivity contribution is 9.13. The maximum absolute atomic E-state index is 11.4. The van der Waals surface area contributed by atoms with Crippen molar-refractivity contribution in [2.75, 3.05) is 13.2 Å². The largest absolute Gasteiger partial charge is 0.490 e. The van der Waals surface area contributed by atoms with Crippen molar-refractivity contribution < 1.29 is 14.3 Å². The van der Waals surface area contributed by atoms with Gasteiger partial charge in [-0.05, 0) is 51.8 Å². The van der Waals surface area contributed by atoms with Gasteiger partial charge in [-0.25, -0.2) is 0 Å². The number of aromatic amines is 1. The van der Waals surface area contributed by atoms with Crippen LogP contribution in [0.4, 0.5) is 0 Å². The lowest BCUT2D eigenvalue weighted by Gasteiger charge is -2.16. The second-order valence-electron chi connectivity index (χ2n) is 4.13. The van der Waals surface area contributed by atoms with Crippen molar-refractivity contribution in [1.29, 1.82) is 0 Å². The maximum atomic E-state index is 11.4. The van der Waals surface area contributed by atoms with Gasteiger partial charge < -0.3 is 15.2 Å². The number of aromatic nitrogens is 3. The number of amides is 1. The zero-order chi connectivity index (χ0) is 16.3. The molecule has 0 radical (unpaired) electrons. The number of rotatable bonds is 6. The van der Waals surface area contributed by atoms with Crippen LogP contribution in [0.5, 0.6) is 11.5 Å². The average molecular weight is 434 g/mol. The van der Waals surface area contributed by atoms with Crippen LogP contribution in [0.2, 0.25) is 0 Å². The molecule has 2 rings (SSSR count). The Bertz CT molecular complexity index is 703. The maximum Gasteiger partial charge on any atom is 0.271 e. The number of carbonyl (C=O) groups excluding carboxylic acids is 1. The van der Waals surface area contributed by atoms with Crippen molar-refractivity contribution in [3.63, 3.8) is 0 Å². The molecule has 0 saturated carbocycles. The number of hydrogen-bond acceptors (Lipinski definition) is 5. The van der Waals surface area contributed by atoms with Gasteiger partial charge in [-0.3, -0.25) is 4.79 Å². The van der Waals surface area contributed by atoms with Crippen LogP contribution in [0, 0.1) is 0 Å². The van der Waals surface area contributed by atoms with E-state index >= 15 is 0 Å². The van der Waals surface area contributed by atoms with Crippen LogP contribution < -0.4 is 15.2 Å². The molecule has 0 aliphatic heterocycles. The first-order valence-corrected chi connectivity index (χ1v) is 8.08. The van der Waals surface area contributed by atoms with E-state index in [4.69, 9.17) is 15.2 Å². The van der Waals surface area contributed by atoms with Crippen molar-refractivity contribution >= 4 is 37.8 Å². The number of H-pyrrole nitrogens is 1. The highest BCUT2D eigenvalue weighted by atomic mass is 79.9. The van der Waals surface area contributed by atoms with Gasteiger partial charge in [0.05, 0.1) is 17.7 Å². The summed E-state index contributed by atoms with van der Waals surface area (Å²) in [6, 6.07) is 1.73. The average Bonchev–Trinajstić information content (AvgIpc) is 2.96. The van der Waals surface area contributed by atoms with E-state index in [1.807, 2.05) is 13.8 Å². The predicted molar refractivity (Wildman–Crippen MR) is 88.1 cm³/mol. The predicted octanol–water partition coefficient (Wildman–Crippen LogP) is 2.89. The number of halogens is 2. The van der Waals surface area contributed by atoms with E-state index in [2.05, 4.69) is 47.3 Å². The zero-order valence-corrected chi connectivity index (χ0v) is 15.1. The molecule has 0 fully saturated rings. The van der Waals surface area contributed by atoms with Gasteiger partial charge in [0.2, 0.25) is 0 Å². The fraction of sp³-hybridized carbons (Fsp3) is 0.308. The molecule has 0 aliphatic carbocycles. The summed E-state index contributed by atoms with van der Waals surface area (Å²) in [7, 11) is 0. The van der Waals surface area contributed by atoms with Crippen LogP contribution in [0.1, 0.15) is 24.3 Å². The smallest absolute Gasteiger partial charge is 0.271 e. The molecule has 1 aromatic heterocycles. The van der Waals surface area contributed by atoms with Gasteiger partial charge in [0, 0.05) is 10.0 Å². The third kappa shape index (κ3) is 3.09. The second-order valence-corrected chi connectivity index (χ2v) is 5.72. The van der Waals surface area contributed by atoms with E-state index in [0.29, 0.717) is 44.9 Å². The SMILES string of the molecule is CCOc1cc(-c2n[nH]nc2C(N)=O)c(Br)c(Br)c1OCC. The molecule has 118 valence electrons. The van der Waals surface area contributed by atoms with Crippen molar-refractivity contribution in [2.24, 2.45) is 5.73 Å². The molecule has 0 spiro atoms. The van der Waals surface area contributed by atoms with Gasteiger partial charge in [0.25, 0.3) is 5.91 Å². The Morgan fingerprint density at radius 3 is 2.50 bits per heavy atom. The summed E-state index contributed by atoms with van der Waals surface area (Å²) in [5.74, 6) is 0.440. The number of carbonyl (C=O) groups is 1. The molecule has 2 aromatic rings. The summed E-state index contributed by atoms with van der Waals surface area (Å²) in [5.41, 5.74) is 6.32. The molecule has 22 heavy (non-hydrogen) atoms. The first-order valence-electron chi connectivity index (χ1n) is 6.49. The van der Waals surface area contributed by atoms with Crippen LogP contribution in [0.25, 0.3) is 11.3 Å². The topological polar surface area (TPSA) is 103 Å². The molecule has 0 bridgehead atoms. The summed E-state index contributed by atoms with van der Waals surface area (Å²) in [6.45, 7) is 4.71. The second kappa shape index (κ2) is 7.10. The van der Waals surface area contributed by atoms with E-state index in [-0.39, 0.29) is 5.69 Å². The van der Waals surface area contributed by atoms with Crippen LogP contribution in [0.3, 0.4) is 0 Å². The summed E-state index contributed by atoms with van der Waals surface area (Å²) >= 11 is 6.95. The Labute approximate surface area is 143 Å². The molecule has 1 aromatic carbocycles. The van der Waals surface area contributed by atoms with Gasteiger partial charge >= 0.3 is 0 Å². The fourth-order valence-corrected chi connectivity index (χ4v) is 2.90. The Morgan fingerprint density at radius 2 is 1.91 bits per heavy atom. The van der Waals surface area contributed by atoms with E-state index in [9.17, 15) is 4.79 Å². The van der Waals surface area contributed by atoms with Crippen LogP contribution in [-0.2, 0) is 0 Å². The number of nitrogens with two attached hydrogens (primary N) is 1. The minimum Gasteiger partial charge on any atom is -0.490 e. The highest BCUT2D eigenvalue weighted by Gasteiger charge is 2.23. The molecule has 1 heterocycles. The number of primary amides is 1. The summed E-state index contributed by atoms with van der Waals surface area (Å²) in [5, 5.41) is 10.2. The number of nitrogens with zero attached hydrogens (tertiary/aromatic N) is 2. The molecular formula is C13H14Br2N4O3. The number of benzene rings is 1. The van der Waals surface area contributed by atoms with E-state index < -0.39 is 5.91 Å². The first kappa shape index (κ1) is 16.8. The minimum atomic E-state index is -0.668. The molecule has 1 amide bonds. The molecule has 7 nitrogen and oxygen atoms in total. The monoisotopic (exact) mass is 432 g/mol. The third-order valence-electron chi connectivity index (χ3n) is 2.75. The Morgan fingerprint density at radius 1 is 1.23 bits per heavy atom. The van der Waals surface area contributed by atoms with Crippen molar-refractivity contribution in [1.82, 2.24) is 15.4 Å². The van der Waals surface area contributed by atoms with Gasteiger partial charge in [0.1, 0.15) is 5.69 Å². The van der Waals surface area contributed by atoms with E-state index in [1.165, 1.54) is 0 Å². The first-order chi connectivity index (χ1) is 10.5. The lowest BCUT2D eigenvalue weighted by atomic mass is 10.1. The molecule has 0 saturated heterocycles. The third-order valence-corrected chi connectivity index (χ3v) is 4.87. The van der Waals surface area contributed by atoms with Gasteiger partial charge in [0.15, 0.2) is 17.2 Å². The number of nitrogens with one attached hydrogen (secondary N) is 1. The molecule has 0 aliphatic rings. The molecule has 0 atom stereocenters. The summed E-state index contributed by atoms with van der Waals surface area (Å²) in [4.78, 5) is 11.4. The van der Waals surface area contributed by atoms with Crippen molar-refractivity contribution in [3.8, 4) is 22.8 Å². The van der Waals surface area contributed by atoms with Crippen LogP contribution in [-0.4, -0.2) is 34.5 Å². The molecular weight excluding hydrogens is 420 g/mol.